The first-order valence-electron chi connectivity index (χ1n) is 17.2. The molecule has 7 fully saturated rings. The molecule has 40 heavy (non-hydrogen) atoms. The average Bonchev–Trinajstić information content (AvgIpc) is 3.41. The lowest BCUT2D eigenvalue weighted by Gasteiger charge is -2.57. The van der Waals surface area contributed by atoms with Gasteiger partial charge in [0.2, 0.25) is 0 Å². The number of nitrogens with zero attached hydrogens (tertiary/aromatic N) is 3. The third-order valence-electron chi connectivity index (χ3n) is 12.7. The molecule has 7 nitrogen and oxygen atoms in total. The van der Waals surface area contributed by atoms with Crippen LogP contribution in [0.1, 0.15) is 90.4 Å². The molecule has 226 valence electrons. The first-order valence-corrected chi connectivity index (χ1v) is 17.2. The Morgan fingerprint density at radius 3 is 2.33 bits per heavy atom. The molecule has 0 aromatic rings. The lowest BCUT2D eigenvalue weighted by Crippen LogP contribution is -2.68. The number of hydrogen-bond acceptors (Lipinski definition) is 7. The average molecular weight is 556 g/mol. The van der Waals surface area contributed by atoms with Gasteiger partial charge in [0, 0.05) is 55.4 Å². The highest BCUT2D eigenvalue weighted by Gasteiger charge is 2.58. The minimum absolute atomic E-state index is 0.169. The molecular formula is C33H57N5O2. The molecule has 0 amide bonds. The van der Waals surface area contributed by atoms with Crippen LogP contribution in [0.3, 0.4) is 0 Å². The van der Waals surface area contributed by atoms with E-state index < -0.39 is 0 Å². The van der Waals surface area contributed by atoms with Crippen LogP contribution in [0.2, 0.25) is 0 Å². The van der Waals surface area contributed by atoms with Crippen molar-refractivity contribution in [3.8, 4) is 0 Å². The van der Waals surface area contributed by atoms with E-state index in [-0.39, 0.29) is 6.10 Å². The maximum absolute atomic E-state index is 11.3. The van der Waals surface area contributed by atoms with Crippen LogP contribution in [-0.2, 0) is 4.74 Å². The third-order valence-corrected chi connectivity index (χ3v) is 12.7. The smallest absolute Gasteiger partial charge is 0.0722 e. The maximum atomic E-state index is 11.3. The number of aliphatic hydroxyl groups excluding tert-OH is 1. The SMILES string of the molecule is C=C(C1CCC(N2CCC(N3CCOCC3)CC2)CN1)C1CCC2CC3C(O)C(C)CC4(CCCCC4)N3C2N1. The number of aliphatic hydroxyl groups is 1. The Balaban J connectivity index is 0.938. The van der Waals surface area contributed by atoms with Crippen molar-refractivity contribution in [3.05, 3.63) is 12.2 Å². The molecular weight excluding hydrogens is 498 g/mol. The summed E-state index contributed by atoms with van der Waals surface area (Å²) in [5, 5.41) is 19.4. The van der Waals surface area contributed by atoms with Gasteiger partial charge >= 0.3 is 0 Å². The van der Waals surface area contributed by atoms with Gasteiger partial charge in [-0.25, -0.2) is 0 Å². The minimum Gasteiger partial charge on any atom is -0.391 e. The molecule has 6 aliphatic heterocycles. The van der Waals surface area contributed by atoms with Gasteiger partial charge in [-0.3, -0.25) is 20.0 Å². The molecule has 0 radical (unpaired) electrons. The number of morpholine rings is 1. The number of fused-ring (bicyclic) bond motifs is 4. The number of piperidine rings is 4. The summed E-state index contributed by atoms with van der Waals surface area (Å²) < 4.78 is 5.57. The molecule has 7 aliphatic rings. The fourth-order valence-corrected chi connectivity index (χ4v) is 10.5. The summed E-state index contributed by atoms with van der Waals surface area (Å²) in [6.45, 7) is 14.7. The van der Waals surface area contributed by atoms with Crippen molar-refractivity contribution in [2.24, 2.45) is 11.8 Å². The van der Waals surface area contributed by atoms with Crippen molar-refractivity contribution < 1.29 is 9.84 Å². The normalized spacial score (nSPS) is 43.9. The molecule has 0 aromatic carbocycles. The first kappa shape index (κ1) is 28.2. The van der Waals surface area contributed by atoms with E-state index in [1.165, 1.54) is 102 Å². The van der Waals surface area contributed by atoms with Gasteiger partial charge in [0.1, 0.15) is 0 Å². The zero-order chi connectivity index (χ0) is 27.3. The second kappa shape index (κ2) is 11.9. The van der Waals surface area contributed by atoms with Gasteiger partial charge in [0.05, 0.1) is 25.5 Å². The monoisotopic (exact) mass is 555 g/mol. The lowest BCUT2D eigenvalue weighted by atomic mass is 9.69. The predicted molar refractivity (Wildman–Crippen MR) is 160 cm³/mol. The van der Waals surface area contributed by atoms with Crippen molar-refractivity contribution in [2.45, 2.75) is 138 Å². The molecule has 1 spiro atoms. The summed E-state index contributed by atoms with van der Waals surface area (Å²) in [6.07, 6.45) is 17.0. The summed E-state index contributed by atoms with van der Waals surface area (Å²) in [7, 11) is 0. The molecule has 7 rings (SSSR count). The summed E-state index contributed by atoms with van der Waals surface area (Å²) >= 11 is 0. The summed E-state index contributed by atoms with van der Waals surface area (Å²) in [6, 6.07) is 2.62. The third kappa shape index (κ3) is 5.24. The van der Waals surface area contributed by atoms with Gasteiger partial charge in [0.25, 0.3) is 0 Å². The summed E-state index contributed by atoms with van der Waals surface area (Å²) in [5.41, 5.74) is 1.71. The molecule has 3 N–H and O–H groups in total. The van der Waals surface area contributed by atoms with Gasteiger partial charge in [-0.15, -0.1) is 0 Å². The van der Waals surface area contributed by atoms with Crippen LogP contribution in [0.15, 0.2) is 12.2 Å². The van der Waals surface area contributed by atoms with Crippen LogP contribution in [0, 0.1) is 11.8 Å². The Kier molecular flexibility index (Phi) is 8.37. The topological polar surface area (TPSA) is 63.2 Å². The van der Waals surface area contributed by atoms with E-state index >= 15 is 0 Å². The molecule has 0 bridgehead atoms. The fourth-order valence-electron chi connectivity index (χ4n) is 10.5. The van der Waals surface area contributed by atoms with E-state index in [1.807, 2.05) is 0 Å². The van der Waals surface area contributed by atoms with Crippen LogP contribution < -0.4 is 10.6 Å². The highest BCUT2D eigenvalue weighted by atomic mass is 16.5. The van der Waals surface area contributed by atoms with Crippen LogP contribution in [0.5, 0.6) is 0 Å². The van der Waals surface area contributed by atoms with Gasteiger partial charge in [-0.05, 0) is 94.7 Å². The standard InChI is InChI=1S/C33H57N5O2/c1-23-21-33(12-4-3-5-13-33)38-30(31(23)39)20-25-6-8-29(35-32(25)38)24(2)28-9-7-27(22-34-28)36-14-10-26(11-15-36)37-16-18-40-19-17-37/h23,25-32,34-35,39H,2-22H2,1H3. The Morgan fingerprint density at radius 1 is 0.875 bits per heavy atom. The largest absolute Gasteiger partial charge is 0.391 e. The van der Waals surface area contributed by atoms with E-state index in [0.29, 0.717) is 47.7 Å². The summed E-state index contributed by atoms with van der Waals surface area (Å²) in [5.74, 6) is 1.10. The van der Waals surface area contributed by atoms with Crippen molar-refractivity contribution in [1.29, 1.82) is 0 Å². The molecule has 1 saturated carbocycles. The Morgan fingerprint density at radius 2 is 1.60 bits per heavy atom. The number of ether oxygens (including phenoxy) is 1. The van der Waals surface area contributed by atoms with Crippen LogP contribution in [0.4, 0.5) is 0 Å². The van der Waals surface area contributed by atoms with Gasteiger partial charge < -0.3 is 15.2 Å². The number of nitrogens with one attached hydrogen (secondary N) is 2. The minimum atomic E-state index is -0.169. The van der Waals surface area contributed by atoms with Crippen LogP contribution >= 0.6 is 0 Å². The zero-order valence-corrected chi connectivity index (χ0v) is 25.2. The predicted octanol–water partition coefficient (Wildman–Crippen LogP) is 3.33. The Hall–Kier alpha value is -0.540. The maximum Gasteiger partial charge on any atom is 0.0722 e. The molecule has 0 aromatic heterocycles. The van der Waals surface area contributed by atoms with Gasteiger partial charge in [0.15, 0.2) is 0 Å². The van der Waals surface area contributed by atoms with E-state index in [9.17, 15) is 5.11 Å². The molecule has 6 saturated heterocycles. The van der Waals surface area contributed by atoms with E-state index in [1.54, 1.807) is 0 Å². The van der Waals surface area contributed by atoms with Crippen molar-refractivity contribution >= 4 is 0 Å². The molecule has 8 unspecified atom stereocenters. The zero-order valence-electron chi connectivity index (χ0n) is 25.2. The number of rotatable bonds is 4. The lowest BCUT2D eigenvalue weighted by molar-refractivity contribution is -0.118. The van der Waals surface area contributed by atoms with Crippen LogP contribution in [0.25, 0.3) is 0 Å². The van der Waals surface area contributed by atoms with Crippen molar-refractivity contribution in [1.82, 2.24) is 25.3 Å². The van der Waals surface area contributed by atoms with E-state index in [0.717, 1.165) is 38.9 Å². The number of hydrogen-bond donors (Lipinski definition) is 3. The van der Waals surface area contributed by atoms with E-state index in [4.69, 9.17) is 11.3 Å². The highest BCUT2D eigenvalue weighted by Crippen LogP contribution is 2.52. The molecule has 7 heteroatoms. The Labute approximate surface area is 243 Å². The second-order valence-corrected chi connectivity index (χ2v) is 14.9. The highest BCUT2D eigenvalue weighted by molar-refractivity contribution is 5.20. The van der Waals surface area contributed by atoms with Gasteiger partial charge in [-0.2, -0.15) is 0 Å². The summed E-state index contributed by atoms with van der Waals surface area (Å²) in [4.78, 5) is 8.30. The molecule has 8 atom stereocenters. The first-order chi connectivity index (χ1) is 19.5. The Bertz CT molecular complexity index is 872. The van der Waals surface area contributed by atoms with Crippen molar-refractivity contribution in [2.75, 3.05) is 45.9 Å². The van der Waals surface area contributed by atoms with E-state index in [2.05, 4.69) is 32.3 Å². The van der Waals surface area contributed by atoms with Crippen LogP contribution in [-0.4, -0.2) is 114 Å². The second-order valence-electron chi connectivity index (χ2n) is 14.9. The number of likely N-dealkylation sites (tertiary alicyclic amines) is 1. The quantitative estimate of drug-likeness (QED) is 0.460. The fraction of sp³-hybridized carbons (Fsp3) is 0.939. The molecule has 6 heterocycles. The molecule has 1 aliphatic carbocycles. The van der Waals surface area contributed by atoms with Crippen molar-refractivity contribution in [3.63, 3.8) is 0 Å². The van der Waals surface area contributed by atoms with Gasteiger partial charge in [-0.1, -0.05) is 32.8 Å².